The highest BCUT2D eigenvalue weighted by molar-refractivity contribution is 5.96. The summed E-state index contributed by atoms with van der Waals surface area (Å²) in [6.07, 6.45) is 0.638. The van der Waals surface area contributed by atoms with Gasteiger partial charge in [0, 0.05) is 0 Å². The van der Waals surface area contributed by atoms with Gasteiger partial charge < -0.3 is 14.6 Å². The van der Waals surface area contributed by atoms with Gasteiger partial charge in [-0.25, -0.2) is 0 Å². The Balaban J connectivity index is 1.95. The Kier molecular flexibility index (Phi) is 5.37. The van der Waals surface area contributed by atoms with Gasteiger partial charge in [-0.3, -0.25) is 4.79 Å². The van der Waals surface area contributed by atoms with Crippen molar-refractivity contribution in [1.82, 2.24) is 10.5 Å². The van der Waals surface area contributed by atoms with E-state index in [2.05, 4.69) is 10.5 Å². The summed E-state index contributed by atoms with van der Waals surface area (Å²) in [6.45, 7) is 3.71. The van der Waals surface area contributed by atoms with E-state index in [0.29, 0.717) is 23.4 Å². The average Bonchev–Trinajstić information content (AvgIpc) is 3.07. The molecule has 0 aliphatic heterocycles. The van der Waals surface area contributed by atoms with Crippen molar-refractivity contribution in [3.8, 4) is 5.75 Å². The predicted molar refractivity (Wildman–Crippen MR) is 99.4 cm³/mol. The minimum atomic E-state index is -0.284. The fourth-order valence-electron chi connectivity index (χ4n) is 2.95. The van der Waals surface area contributed by atoms with Gasteiger partial charge in [-0.2, -0.15) is 0 Å². The van der Waals surface area contributed by atoms with E-state index >= 15 is 0 Å². The number of nitrogens with zero attached hydrogens (tertiary/aromatic N) is 1. The van der Waals surface area contributed by atoms with E-state index < -0.39 is 0 Å². The Bertz CT molecular complexity index is 870. The van der Waals surface area contributed by atoms with Gasteiger partial charge in [0.1, 0.15) is 17.1 Å². The highest BCUT2D eigenvalue weighted by Crippen LogP contribution is 2.25. The molecule has 0 radical (unpaired) electrons. The molecule has 26 heavy (non-hydrogen) atoms. The summed E-state index contributed by atoms with van der Waals surface area (Å²) in [6, 6.07) is 17.3. The Morgan fingerprint density at radius 1 is 1.12 bits per heavy atom. The highest BCUT2D eigenvalue weighted by Gasteiger charge is 2.23. The van der Waals surface area contributed by atoms with Gasteiger partial charge in [0.25, 0.3) is 5.91 Å². The number of nitrogens with one attached hydrogen (secondary N) is 1. The maximum atomic E-state index is 13.0. The van der Waals surface area contributed by atoms with Crippen LogP contribution in [0.1, 0.15) is 45.9 Å². The summed E-state index contributed by atoms with van der Waals surface area (Å²) in [5, 5.41) is 7.10. The molecular formula is C21H22N2O3. The van der Waals surface area contributed by atoms with Crippen molar-refractivity contribution < 1.29 is 14.1 Å². The van der Waals surface area contributed by atoms with Crippen LogP contribution in [0.4, 0.5) is 0 Å². The Hall–Kier alpha value is -3.08. The molecule has 5 heteroatoms. The maximum absolute atomic E-state index is 13.0. The van der Waals surface area contributed by atoms with Crippen LogP contribution in [0, 0.1) is 6.92 Å². The van der Waals surface area contributed by atoms with Crippen molar-refractivity contribution >= 4 is 5.91 Å². The third kappa shape index (κ3) is 3.61. The third-order valence-electron chi connectivity index (χ3n) is 4.35. The lowest BCUT2D eigenvalue weighted by atomic mass is 9.98. The molecule has 1 atom stereocenters. The lowest BCUT2D eigenvalue weighted by molar-refractivity contribution is 0.0940. The minimum Gasteiger partial charge on any atom is -0.497 e. The van der Waals surface area contributed by atoms with Crippen molar-refractivity contribution in [3.05, 3.63) is 82.7 Å². The van der Waals surface area contributed by atoms with Gasteiger partial charge in [-0.05, 0) is 36.6 Å². The van der Waals surface area contributed by atoms with Crippen LogP contribution >= 0.6 is 0 Å². The van der Waals surface area contributed by atoms with Crippen molar-refractivity contribution in [2.75, 3.05) is 7.11 Å². The number of hydrogen-bond donors (Lipinski definition) is 1. The average molecular weight is 350 g/mol. The van der Waals surface area contributed by atoms with E-state index in [9.17, 15) is 4.79 Å². The van der Waals surface area contributed by atoms with E-state index in [4.69, 9.17) is 9.26 Å². The molecule has 1 heterocycles. The first-order chi connectivity index (χ1) is 12.6. The van der Waals surface area contributed by atoms with Gasteiger partial charge in [0.05, 0.1) is 18.8 Å². The van der Waals surface area contributed by atoms with E-state index in [-0.39, 0.29) is 11.9 Å². The number of rotatable bonds is 6. The zero-order valence-corrected chi connectivity index (χ0v) is 15.2. The van der Waals surface area contributed by atoms with Gasteiger partial charge in [0.15, 0.2) is 0 Å². The number of benzene rings is 2. The van der Waals surface area contributed by atoms with E-state index in [1.165, 1.54) is 0 Å². The minimum absolute atomic E-state index is 0.190. The molecule has 1 N–H and O–H groups in total. The van der Waals surface area contributed by atoms with Crippen LogP contribution in [0.5, 0.6) is 5.75 Å². The van der Waals surface area contributed by atoms with Crippen LogP contribution in [-0.4, -0.2) is 18.2 Å². The van der Waals surface area contributed by atoms with Crippen LogP contribution in [-0.2, 0) is 6.42 Å². The number of ether oxygens (including phenoxy) is 1. The van der Waals surface area contributed by atoms with Crippen LogP contribution < -0.4 is 10.1 Å². The number of methoxy groups -OCH3 is 1. The first-order valence-electron chi connectivity index (χ1n) is 8.59. The molecule has 0 aliphatic rings. The van der Waals surface area contributed by atoms with Crippen molar-refractivity contribution in [2.24, 2.45) is 0 Å². The van der Waals surface area contributed by atoms with E-state index in [1.807, 2.05) is 61.5 Å². The fraction of sp³-hybridized carbons (Fsp3) is 0.238. The number of amides is 1. The zero-order valence-electron chi connectivity index (χ0n) is 15.2. The van der Waals surface area contributed by atoms with Crippen LogP contribution in [0.25, 0.3) is 0 Å². The molecule has 0 unspecified atom stereocenters. The number of aryl methyl sites for hydroxylation is 2. The quantitative estimate of drug-likeness (QED) is 0.728. The van der Waals surface area contributed by atoms with Crippen molar-refractivity contribution in [1.29, 1.82) is 0 Å². The molecule has 134 valence electrons. The first kappa shape index (κ1) is 17.7. The monoisotopic (exact) mass is 350 g/mol. The molecule has 2 aromatic carbocycles. The second-order valence-electron chi connectivity index (χ2n) is 6.00. The summed E-state index contributed by atoms with van der Waals surface area (Å²) >= 11 is 0. The molecule has 1 amide bonds. The summed E-state index contributed by atoms with van der Waals surface area (Å²) in [5.41, 5.74) is 3.15. The molecule has 0 saturated heterocycles. The standard InChI is InChI=1S/C21H22N2O3/c1-4-18-19(14(2)26-23-18)21(24)22-20(15-8-6-5-7-9-15)16-10-12-17(25-3)13-11-16/h5-13,20H,4H2,1-3H3,(H,22,24)/t20-/m1/s1. The molecule has 1 aromatic heterocycles. The summed E-state index contributed by atoms with van der Waals surface area (Å²) in [7, 11) is 1.63. The maximum Gasteiger partial charge on any atom is 0.257 e. The normalized spacial score (nSPS) is 11.8. The van der Waals surface area contributed by atoms with Gasteiger partial charge in [0.2, 0.25) is 0 Å². The molecule has 0 aliphatic carbocycles. The van der Waals surface area contributed by atoms with Crippen LogP contribution in [0.15, 0.2) is 59.1 Å². The summed E-state index contributed by atoms with van der Waals surface area (Å²) < 4.78 is 10.4. The van der Waals surface area contributed by atoms with Gasteiger partial charge in [-0.15, -0.1) is 0 Å². The first-order valence-corrected chi connectivity index (χ1v) is 8.59. The smallest absolute Gasteiger partial charge is 0.257 e. The van der Waals surface area contributed by atoms with Crippen LogP contribution in [0.3, 0.4) is 0 Å². The van der Waals surface area contributed by atoms with E-state index in [0.717, 1.165) is 16.9 Å². The topological polar surface area (TPSA) is 64.4 Å². The number of aromatic nitrogens is 1. The molecule has 3 aromatic rings. The number of carbonyl (C=O) groups is 1. The third-order valence-corrected chi connectivity index (χ3v) is 4.35. The van der Waals surface area contributed by atoms with Crippen molar-refractivity contribution in [3.63, 3.8) is 0 Å². The lowest BCUT2D eigenvalue weighted by Gasteiger charge is -2.20. The van der Waals surface area contributed by atoms with E-state index in [1.54, 1.807) is 14.0 Å². The molecule has 0 bridgehead atoms. The predicted octanol–water partition coefficient (Wildman–Crippen LogP) is 4.07. The molecule has 5 nitrogen and oxygen atoms in total. The molecule has 0 saturated carbocycles. The van der Waals surface area contributed by atoms with Crippen LogP contribution in [0.2, 0.25) is 0 Å². The summed E-state index contributed by atoms with van der Waals surface area (Å²) in [5.74, 6) is 1.11. The Morgan fingerprint density at radius 3 is 2.38 bits per heavy atom. The van der Waals surface area contributed by atoms with Crippen molar-refractivity contribution in [2.45, 2.75) is 26.3 Å². The lowest BCUT2D eigenvalue weighted by Crippen LogP contribution is -2.30. The molecule has 0 fully saturated rings. The number of carbonyl (C=O) groups excluding carboxylic acids is 1. The van der Waals surface area contributed by atoms with Gasteiger partial charge >= 0.3 is 0 Å². The fourth-order valence-corrected chi connectivity index (χ4v) is 2.95. The molecular weight excluding hydrogens is 328 g/mol. The van der Waals surface area contributed by atoms with Gasteiger partial charge in [-0.1, -0.05) is 54.5 Å². The zero-order chi connectivity index (χ0) is 18.5. The largest absolute Gasteiger partial charge is 0.497 e. The highest BCUT2D eigenvalue weighted by atomic mass is 16.5. The molecule has 0 spiro atoms. The second kappa shape index (κ2) is 7.87. The Morgan fingerprint density at radius 2 is 1.77 bits per heavy atom. The summed E-state index contributed by atoms with van der Waals surface area (Å²) in [4.78, 5) is 13.0. The second-order valence-corrected chi connectivity index (χ2v) is 6.00. The Labute approximate surface area is 153 Å². The number of hydrogen-bond acceptors (Lipinski definition) is 4. The SMILES string of the molecule is CCc1noc(C)c1C(=O)N[C@H](c1ccccc1)c1ccc(OC)cc1. The molecule has 3 rings (SSSR count).